The number of amides is 2. The van der Waals surface area contributed by atoms with Gasteiger partial charge in [0.05, 0.1) is 31.4 Å². The summed E-state index contributed by atoms with van der Waals surface area (Å²) in [6, 6.07) is 6.39. The second-order valence-corrected chi connectivity index (χ2v) is 7.61. The average Bonchev–Trinajstić information content (AvgIpc) is 3.34. The van der Waals surface area contributed by atoms with Crippen molar-refractivity contribution in [3.63, 3.8) is 0 Å². The summed E-state index contributed by atoms with van der Waals surface area (Å²) in [6.07, 6.45) is 2.53. The molecule has 1 atom stereocenters. The molecule has 2 fully saturated rings. The minimum atomic E-state index is -0.488. The zero-order valence-corrected chi connectivity index (χ0v) is 16.0. The van der Waals surface area contributed by atoms with Crippen LogP contribution in [0.3, 0.4) is 0 Å². The zero-order valence-electron chi connectivity index (χ0n) is 16.0. The summed E-state index contributed by atoms with van der Waals surface area (Å²) in [4.78, 5) is 19.9. The number of halogens is 2. The standard InChI is InChI=1S/C20H20F2N6O2/c21-12-3-4-15(22)14(8-12)16-2-1-7-27(16)18-6-5-17-23-9-19(28(17)25-18)24-20(30)26-10-13(29)11-26/h3-6,8-9,13,16,29H,1-2,7,10-11H2,(H,24,30)/t16-/m1/s1. The number of fused-ring (bicyclic) bond motifs is 1. The molecule has 3 aromatic rings. The monoisotopic (exact) mass is 414 g/mol. The third-order valence-electron chi connectivity index (χ3n) is 5.60. The molecule has 2 aliphatic heterocycles. The number of benzene rings is 1. The molecule has 0 bridgehead atoms. The molecule has 30 heavy (non-hydrogen) atoms. The highest BCUT2D eigenvalue weighted by Gasteiger charge is 2.31. The van der Waals surface area contributed by atoms with Gasteiger partial charge < -0.3 is 14.9 Å². The van der Waals surface area contributed by atoms with Gasteiger partial charge in [0, 0.05) is 12.1 Å². The number of nitrogens with zero attached hydrogens (tertiary/aromatic N) is 5. The lowest BCUT2D eigenvalue weighted by atomic mass is 10.0. The van der Waals surface area contributed by atoms with Crippen LogP contribution < -0.4 is 10.2 Å². The van der Waals surface area contributed by atoms with Crippen LogP contribution in [0.1, 0.15) is 24.4 Å². The van der Waals surface area contributed by atoms with Gasteiger partial charge in [-0.05, 0) is 43.2 Å². The quantitative estimate of drug-likeness (QED) is 0.688. The number of nitrogens with one attached hydrogen (secondary N) is 1. The molecule has 2 aromatic heterocycles. The Hall–Kier alpha value is -3.27. The number of urea groups is 1. The van der Waals surface area contributed by atoms with Gasteiger partial charge in [0.15, 0.2) is 11.5 Å². The van der Waals surface area contributed by atoms with E-state index in [-0.39, 0.29) is 25.2 Å². The summed E-state index contributed by atoms with van der Waals surface area (Å²) in [7, 11) is 0. The molecule has 5 rings (SSSR count). The Labute approximate surface area is 170 Å². The second kappa shape index (κ2) is 7.21. The van der Waals surface area contributed by atoms with Crippen molar-refractivity contribution in [2.45, 2.75) is 25.0 Å². The summed E-state index contributed by atoms with van der Waals surface area (Å²) in [6.45, 7) is 1.23. The van der Waals surface area contributed by atoms with Crippen LogP contribution >= 0.6 is 0 Å². The Morgan fingerprint density at radius 1 is 1.20 bits per heavy atom. The number of aliphatic hydroxyl groups excluding tert-OH is 1. The molecule has 0 saturated carbocycles. The highest BCUT2D eigenvalue weighted by atomic mass is 19.1. The topological polar surface area (TPSA) is 86.0 Å². The largest absolute Gasteiger partial charge is 0.389 e. The van der Waals surface area contributed by atoms with Gasteiger partial charge in [-0.2, -0.15) is 4.52 Å². The van der Waals surface area contributed by atoms with Crippen molar-refractivity contribution in [2.24, 2.45) is 0 Å². The zero-order chi connectivity index (χ0) is 20.8. The summed E-state index contributed by atoms with van der Waals surface area (Å²) in [5.41, 5.74) is 0.857. The van der Waals surface area contributed by atoms with E-state index >= 15 is 0 Å². The van der Waals surface area contributed by atoms with Gasteiger partial charge >= 0.3 is 6.03 Å². The Bertz CT molecular complexity index is 1110. The molecule has 0 spiro atoms. The lowest BCUT2D eigenvalue weighted by Crippen LogP contribution is -2.55. The normalized spacial score (nSPS) is 19.4. The Balaban J connectivity index is 1.44. The van der Waals surface area contributed by atoms with Crippen LogP contribution in [0.25, 0.3) is 5.65 Å². The third-order valence-corrected chi connectivity index (χ3v) is 5.60. The minimum absolute atomic E-state index is 0.288. The SMILES string of the molecule is O=C(Nc1cnc2ccc(N3CCC[C@@H]3c3cc(F)ccc3F)nn12)N1CC(O)C1. The van der Waals surface area contributed by atoms with Crippen molar-refractivity contribution in [3.8, 4) is 0 Å². The smallest absolute Gasteiger partial charge is 0.323 e. The number of aliphatic hydroxyl groups is 1. The highest BCUT2D eigenvalue weighted by molar-refractivity contribution is 5.89. The number of hydrogen-bond acceptors (Lipinski definition) is 5. The van der Waals surface area contributed by atoms with Gasteiger partial charge in [-0.1, -0.05) is 0 Å². The number of hydrogen-bond donors (Lipinski definition) is 2. The Morgan fingerprint density at radius 2 is 2.03 bits per heavy atom. The highest BCUT2D eigenvalue weighted by Crippen LogP contribution is 2.36. The van der Waals surface area contributed by atoms with E-state index in [2.05, 4.69) is 15.4 Å². The molecule has 1 aromatic carbocycles. The average molecular weight is 414 g/mol. The van der Waals surface area contributed by atoms with E-state index in [1.165, 1.54) is 21.7 Å². The maximum Gasteiger partial charge on any atom is 0.323 e. The Kier molecular flexibility index (Phi) is 4.50. The number of anilines is 2. The maximum absolute atomic E-state index is 14.4. The molecular formula is C20H20F2N6O2. The fourth-order valence-electron chi connectivity index (χ4n) is 4.05. The summed E-state index contributed by atoms with van der Waals surface area (Å²) >= 11 is 0. The van der Waals surface area contributed by atoms with Crippen LogP contribution in [0.2, 0.25) is 0 Å². The van der Waals surface area contributed by atoms with Crippen molar-refractivity contribution in [1.82, 2.24) is 19.5 Å². The molecule has 156 valence electrons. The van der Waals surface area contributed by atoms with Crippen molar-refractivity contribution < 1.29 is 18.7 Å². The van der Waals surface area contributed by atoms with E-state index in [4.69, 9.17) is 0 Å². The van der Waals surface area contributed by atoms with Crippen LogP contribution in [0.5, 0.6) is 0 Å². The predicted molar refractivity (Wildman–Crippen MR) is 105 cm³/mol. The first-order valence-corrected chi connectivity index (χ1v) is 9.80. The van der Waals surface area contributed by atoms with Crippen LogP contribution in [-0.4, -0.2) is 56.4 Å². The molecule has 0 unspecified atom stereocenters. The van der Waals surface area contributed by atoms with Crippen LogP contribution in [0.4, 0.5) is 25.2 Å². The number of carbonyl (C=O) groups excluding carboxylic acids is 1. The minimum Gasteiger partial charge on any atom is -0.389 e. The molecule has 10 heteroatoms. The molecule has 2 aliphatic rings. The van der Waals surface area contributed by atoms with E-state index in [1.807, 2.05) is 4.90 Å². The molecular weight excluding hydrogens is 394 g/mol. The van der Waals surface area contributed by atoms with Crippen molar-refractivity contribution in [3.05, 3.63) is 53.7 Å². The number of imidazole rings is 1. The van der Waals surface area contributed by atoms with Gasteiger partial charge in [0.25, 0.3) is 0 Å². The summed E-state index contributed by atoms with van der Waals surface area (Å²) in [5.74, 6) is 0.0616. The van der Waals surface area contributed by atoms with Crippen LogP contribution in [0.15, 0.2) is 36.5 Å². The molecule has 2 N–H and O–H groups in total. The Morgan fingerprint density at radius 3 is 2.83 bits per heavy atom. The lowest BCUT2D eigenvalue weighted by Gasteiger charge is -2.35. The van der Waals surface area contributed by atoms with Gasteiger partial charge in [0.1, 0.15) is 17.5 Å². The first-order chi connectivity index (χ1) is 14.5. The van der Waals surface area contributed by atoms with Gasteiger partial charge in [-0.3, -0.25) is 5.32 Å². The number of aromatic nitrogens is 3. The fraction of sp³-hybridized carbons (Fsp3) is 0.350. The van der Waals surface area contributed by atoms with E-state index in [0.29, 0.717) is 35.8 Å². The van der Waals surface area contributed by atoms with Crippen molar-refractivity contribution in [1.29, 1.82) is 0 Å². The van der Waals surface area contributed by atoms with E-state index in [1.54, 1.807) is 12.1 Å². The maximum atomic E-state index is 14.4. The van der Waals surface area contributed by atoms with E-state index < -0.39 is 17.7 Å². The molecule has 4 heterocycles. The fourth-order valence-corrected chi connectivity index (χ4v) is 4.05. The predicted octanol–water partition coefficient (Wildman–Crippen LogP) is 2.56. The van der Waals surface area contributed by atoms with Gasteiger partial charge in [-0.25, -0.2) is 18.6 Å². The second-order valence-electron chi connectivity index (χ2n) is 7.61. The summed E-state index contributed by atoms with van der Waals surface area (Å²) < 4.78 is 29.6. The number of carbonyl (C=O) groups is 1. The van der Waals surface area contributed by atoms with Crippen LogP contribution in [-0.2, 0) is 0 Å². The van der Waals surface area contributed by atoms with Gasteiger partial charge in [-0.15, -0.1) is 5.10 Å². The first kappa shape index (κ1) is 18.7. The molecule has 2 amide bonds. The number of likely N-dealkylation sites (tertiary alicyclic amines) is 1. The van der Waals surface area contributed by atoms with E-state index in [0.717, 1.165) is 18.6 Å². The van der Waals surface area contributed by atoms with Crippen molar-refractivity contribution >= 4 is 23.3 Å². The molecule has 2 saturated heterocycles. The molecule has 8 nitrogen and oxygen atoms in total. The molecule has 0 aliphatic carbocycles. The number of β-amino-alcohol motifs (C(OH)–C–C–N with tert-alkyl or cyclic N) is 1. The van der Waals surface area contributed by atoms with Gasteiger partial charge in [0.2, 0.25) is 0 Å². The lowest BCUT2D eigenvalue weighted by molar-refractivity contribution is 0.0308. The molecule has 0 radical (unpaired) electrons. The first-order valence-electron chi connectivity index (χ1n) is 9.80. The van der Waals surface area contributed by atoms with E-state index in [9.17, 15) is 18.7 Å². The van der Waals surface area contributed by atoms with Crippen molar-refractivity contribution in [2.75, 3.05) is 29.9 Å². The third kappa shape index (κ3) is 3.22. The summed E-state index contributed by atoms with van der Waals surface area (Å²) in [5, 5.41) is 16.7. The number of rotatable bonds is 3. The van der Waals surface area contributed by atoms with Crippen LogP contribution in [0, 0.1) is 11.6 Å².